The molecule has 0 bridgehead atoms. The van der Waals surface area contributed by atoms with E-state index >= 15 is 0 Å². The highest BCUT2D eigenvalue weighted by Crippen LogP contribution is 2.56. The first kappa shape index (κ1) is 17.7. The maximum atomic E-state index is 12.9. The molecule has 0 unspecified atom stereocenters. The largest absolute Gasteiger partial charge is 0.497 e. The number of benzene rings is 2. The molecule has 0 heterocycles. The minimum Gasteiger partial charge on any atom is -0.497 e. The van der Waals surface area contributed by atoms with Crippen molar-refractivity contribution in [3.8, 4) is 5.75 Å². The van der Waals surface area contributed by atoms with Gasteiger partial charge in [-0.3, -0.25) is 4.79 Å². The normalized spacial score (nSPS) is 25.4. The molecule has 0 aliphatic heterocycles. The van der Waals surface area contributed by atoms with Gasteiger partial charge in [0, 0.05) is 10.9 Å². The summed E-state index contributed by atoms with van der Waals surface area (Å²) in [6.45, 7) is 0. The molecular formula is C17H16ClNO5S. The summed E-state index contributed by atoms with van der Waals surface area (Å²) in [5.74, 6) is -1.62. The first-order valence-electron chi connectivity index (χ1n) is 7.38. The van der Waals surface area contributed by atoms with E-state index in [4.69, 9.17) is 22.1 Å². The van der Waals surface area contributed by atoms with Crippen LogP contribution in [0.4, 0.5) is 0 Å². The van der Waals surface area contributed by atoms with Crippen LogP contribution in [0.3, 0.4) is 0 Å². The van der Waals surface area contributed by atoms with Gasteiger partial charge in [0.25, 0.3) is 0 Å². The van der Waals surface area contributed by atoms with Crippen LogP contribution in [0.5, 0.6) is 5.75 Å². The summed E-state index contributed by atoms with van der Waals surface area (Å²) >= 11 is 5.79. The lowest BCUT2D eigenvalue weighted by molar-refractivity contribution is -0.139. The molecule has 2 aromatic carbocycles. The predicted molar refractivity (Wildman–Crippen MR) is 92.7 cm³/mol. The van der Waals surface area contributed by atoms with Crippen LogP contribution in [0, 0.1) is 0 Å². The highest BCUT2D eigenvalue weighted by atomic mass is 35.5. The average Bonchev–Trinajstić information content (AvgIpc) is 3.24. The van der Waals surface area contributed by atoms with Crippen LogP contribution in [0.2, 0.25) is 5.02 Å². The van der Waals surface area contributed by atoms with Crippen molar-refractivity contribution < 1.29 is 23.1 Å². The van der Waals surface area contributed by atoms with Gasteiger partial charge in [0.2, 0.25) is 0 Å². The molecule has 1 fully saturated rings. The molecule has 3 atom stereocenters. The van der Waals surface area contributed by atoms with Crippen molar-refractivity contribution in [3.05, 3.63) is 59.1 Å². The van der Waals surface area contributed by atoms with Crippen molar-refractivity contribution in [2.45, 2.75) is 21.6 Å². The molecule has 3 rings (SSSR count). The van der Waals surface area contributed by atoms with Crippen LogP contribution in [0.25, 0.3) is 0 Å². The third-order valence-electron chi connectivity index (χ3n) is 4.50. The Morgan fingerprint density at radius 2 is 1.72 bits per heavy atom. The maximum absolute atomic E-state index is 12.9. The Hall–Kier alpha value is -2.09. The second kappa shape index (κ2) is 6.01. The van der Waals surface area contributed by atoms with Gasteiger partial charge in [-0.05, 0) is 42.0 Å². The Bertz CT molecular complexity index is 911. The van der Waals surface area contributed by atoms with Crippen molar-refractivity contribution in [1.82, 2.24) is 0 Å². The fourth-order valence-electron chi connectivity index (χ4n) is 3.10. The standard InChI is InChI=1S/C17H16ClNO5S/c1-24-12-6-2-10(3-7-12)14-15(17(14,19)16(20)21)25(22,23)13-8-4-11(18)5-9-13/h2-9,14-15H,19H2,1H3,(H,20,21)/t14-,15-,17+/m1/s1. The molecule has 0 saturated heterocycles. The lowest BCUT2D eigenvalue weighted by Gasteiger charge is -2.07. The van der Waals surface area contributed by atoms with E-state index in [1.807, 2.05) is 0 Å². The maximum Gasteiger partial charge on any atom is 0.325 e. The summed E-state index contributed by atoms with van der Waals surface area (Å²) in [5.41, 5.74) is 4.65. The molecule has 1 aliphatic carbocycles. The molecule has 0 radical (unpaired) electrons. The number of carboxylic acid groups (broad SMARTS) is 1. The summed E-state index contributed by atoms with van der Waals surface area (Å²) in [5, 5.41) is 8.66. The zero-order valence-electron chi connectivity index (χ0n) is 13.2. The van der Waals surface area contributed by atoms with Gasteiger partial charge in [-0.15, -0.1) is 0 Å². The van der Waals surface area contributed by atoms with Gasteiger partial charge in [-0.1, -0.05) is 23.7 Å². The predicted octanol–water partition coefficient (Wildman–Crippen LogP) is 2.07. The van der Waals surface area contributed by atoms with Crippen LogP contribution in [-0.2, 0) is 14.6 Å². The monoisotopic (exact) mass is 381 g/mol. The Morgan fingerprint density at radius 3 is 2.20 bits per heavy atom. The molecule has 3 N–H and O–H groups in total. The van der Waals surface area contributed by atoms with E-state index < -0.39 is 32.5 Å². The number of ether oxygens (including phenoxy) is 1. The minimum absolute atomic E-state index is 0.00557. The van der Waals surface area contributed by atoms with E-state index in [9.17, 15) is 18.3 Å². The first-order valence-corrected chi connectivity index (χ1v) is 9.31. The summed E-state index contributed by atoms with van der Waals surface area (Å²) < 4.78 is 30.9. The topological polar surface area (TPSA) is 107 Å². The minimum atomic E-state index is -3.94. The quantitative estimate of drug-likeness (QED) is 0.821. The molecular weight excluding hydrogens is 366 g/mol. The first-order chi connectivity index (χ1) is 11.7. The fraction of sp³-hybridized carbons (Fsp3) is 0.235. The van der Waals surface area contributed by atoms with Crippen LogP contribution in [0.1, 0.15) is 11.5 Å². The van der Waals surface area contributed by atoms with Crippen molar-refractivity contribution in [1.29, 1.82) is 0 Å². The Balaban J connectivity index is 2.03. The van der Waals surface area contributed by atoms with E-state index in [0.29, 0.717) is 16.3 Å². The molecule has 0 aromatic heterocycles. The highest BCUT2D eigenvalue weighted by molar-refractivity contribution is 7.92. The van der Waals surface area contributed by atoms with E-state index in [2.05, 4.69) is 0 Å². The van der Waals surface area contributed by atoms with E-state index in [1.54, 1.807) is 24.3 Å². The second-order valence-corrected chi connectivity index (χ2v) is 8.41. The molecule has 0 amide bonds. The van der Waals surface area contributed by atoms with Gasteiger partial charge in [0.15, 0.2) is 9.84 Å². The van der Waals surface area contributed by atoms with E-state index in [0.717, 1.165) is 0 Å². The number of methoxy groups -OCH3 is 1. The number of sulfone groups is 1. The number of aliphatic carboxylic acids is 1. The molecule has 132 valence electrons. The van der Waals surface area contributed by atoms with Crippen molar-refractivity contribution in [2.24, 2.45) is 5.73 Å². The zero-order valence-corrected chi connectivity index (χ0v) is 14.8. The van der Waals surface area contributed by atoms with Crippen LogP contribution < -0.4 is 10.5 Å². The Labute approximate surface area is 150 Å². The number of halogens is 1. The molecule has 0 spiro atoms. The van der Waals surface area contributed by atoms with Gasteiger partial charge in [-0.2, -0.15) is 0 Å². The van der Waals surface area contributed by atoms with Crippen molar-refractivity contribution >= 4 is 27.4 Å². The average molecular weight is 382 g/mol. The summed E-state index contributed by atoms with van der Waals surface area (Å²) in [6.07, 6.45) is 0. The number of nitrogens with two attached hydrogens (primary N) is 1. The molecule has 1 aliphatic rings. The fourth-order valence-corrected chi connectivity index (χ4v) is 5.46. The van der Waals surface area contributed by atoms with E-state index in [1.165, 1.54) is 31.4 Å². The number of carboxylic acids is 1. The summed E-state index contributed by atoms with van der Waals surface area (Å²) in [4.78, 5) is 11.7. The number of hydrogen-bond donors (Lipinski definition) is 2. The lowest BCUT2D eigenvalue weighted by Crippen LogP contribution is -2.39. The third kappa shape index (κ3) is 2.78. The van der Waals surface area contributed by atoms with Gasteiger partial charge < -0.3 is 15.6 Å². The number of carbonyl (C=O) groups is 1. The molecule has 2 aromatic rings. The molecule has 6 nitrogen and oxygen atoms in total. The van der Waals surface area contributed by atoms with Gasteiger partial charge >= 0.3 is 5.97 Å². The van der Waals surface area contributed by atoms with Crippen LogP contribution in [0.15, 0.2) is 53.4 Å². The van der Waals surface area contributed by atoms with Crippen molar-refractivity contribution in [3.63, 3.8) is 0 Å². The number of hydrogen-bond acceptors (Lipinski definition) is 5. The molecule has 8 heteroatoms. The SMILES string of the molecule is COc1ccc([C@@H]2[C@@H](S(=O)(=O)c3ccc(Cl)cc3)[C@]2(N)C(=O)O)cc1. The summed E-state index contributed by atoms with van der Waals surface area (Å²) in [6, 6.07) is 12.1. The Kier molecular flexibility index (Phi) is 4.26. The smallest absolute Gasteiger partial charge is 0.325 e. The van der Waals surface area contributed by atoms with E-state index in [-0.39, 0.29) is 4.90 Å². The third-order valence-corrected chi connectivity index (χ3v) is 7.01. The second-order valence-electron chi connectivity index (χ2n) is 5.91. The molecule has 1 saturated carbocycles. The number of rotatable bonds is 5. The highest BCUT2D eigenvalue weighted by Gasteiger charge is 2.74. The summed E-state index contributed by atoms with van der Waals surface area (Å²) in [7, 11) is -2.44. The van der Waals surface area contributed by atoms with Crippen LogP contribution in [-0.4, -0.2) is 37.4 Å². The Morgan fingerprint density at radius 1 is 1.16 bits per heavy atom. The van der Waals surface area contributed by atoms with Gasteiger partial charge in [0.1, 0.15) is 16.5 Å². The van der Waals surface area contributed by atoms with Gasteiger partial charge in [-0.25, -0.2) is 8.42 Å². The molecule has 25 heavy (non-hydrogen) atoms. The van der Waals surface area contributed by atoms with Crippen LogP contribution >= 0.6 is 11.6 Å². The van der Waals surface area contributed by atoms with Gasteiger partial charge in [0.05, 0.1) is 12.0 Å². The lowest BCUT2D eigenvalue weighted by atomic mass is 10.1. The van der Waals surface area contributed by atoms with Crippen molar-refractivity contribution in [2.75, 3.05) is 7.11 Å². The zero-order chi connectivity index (χ0) is 18.4.